The first-order valence-electron chi connectivity index (χ1n) is 9.24. The third-order valence-corrected chi connectivity index (χ3v) is 5.41. The lowest BCUT2D eigenvalue weighted by Gasteiger charge is -2.13. The molecule has 0 spiro atoms. The van der Waals surface area contributed by atoms with Crippen molar-refractivity contribution in [2.24, 2.45) is 5.92 Å². The average molecular weight is 457 g/mol. The van der Waals surface area contributed by atoms with Crippen molar-refractivity contribution in [1.29, 1.82) is 0 Å². The summed E-state index contributed by atoms with van der Waals surface area (Å²) in [4.78, 5) is 23.9. The Morgan fingerprint density at radius 3 is 2.35 bits per heavy atom. The Morgan fingerprint density at radius 2 is 1.71 bits per heavy atom. The van der Waals surface area contributed by atoms with Gasteiger partial charge in [0.1, 0.15) is 0 Å². The van der Waals surface area contributed by atoms with Gasteiger partial charge in [0, 0.05) is 6.54 Å². The summed E-state index contributed by atoms with van der Waals surface area (Å²) in [6.07, 6.45) is -4.71. The second kappa shape index (κ2) is 9.92. The van der Waals surface area contributed by atoms with E-state index in [0.29, 0.717) is 12.6 Å². The molecule has 2 amide bonds. The molecule has 0 saturated heterocycles. The van der Waals surface area contributed by atoms with Crippen LogP contribution in [0.3, 0.4) is 0 Å². The third kappa shape index (κ3) is 7.07. The molecule has 0 aliphatic heterocycles. The van der Waals surface area contributed by atoms with Gasteiger partial charge in [-0.05, 0) is 36.2 Å². The van der Waals surface area contributed by atoms with Gasteiger partial charge in [0.15, 0.2) is 0 Å². The van der Waals surface area contributed by atoms with Crippen molar-refractivity contribution in [3.05, 3.63) is 59.7 Å². The number of anilines is 1. The molecule has 0 saturated carbocycles. The minimum Gasteiger partial charge on any atom is -0.352 e. The van der Waals surface area contributed by atoms with E-state index in [1.807, 2.05) is 18.6 Å². The molecule has 168 valence electrons. The van der Waals surface area contributed by atoms with E-state index in [1.54, 1.807) is 12.1 Å². The van der Waals surface area contributed by atoms with Crippen molar-refractivity contribution < 1.29 is 31.2 Å². The minimum atomic E-state index is -4.71. The van der Waals surface area contributed by atoms with E-state index in [9.17, 15) is 31.2 Å². The van der Waals surface area contributed by atoms with Gasteiger partial charge in [-0.3, -0.25) is 9.59 Å². The largest absolute Gasteiger partial charge is 0.416 e. The van der Waals surface area contributed by atoms with Crippen molar-refractivity contribution >= 4 is 27.5 Å². The number of benzene rings is 2. The normalized spacial score (nSPS) is 11.9. The molecule has 2 rings (SSSR count). The lowest BCUT2D eigenvalue weighted by atomic mass is 10.1. The fourth-order valence-electron chi connectivity index (χ4n) is 2.46. The molecule has 0 aliphatic rings. The van der Waals surface area contributed by atoms with Crippen LogP contribution in [-0.2, 0) is 21.0 Å². The number of hydrogen-bond acceptors (Lipinski definition) is 4. The highest BCUT2D eigenvalue weighted by atomic mass is 32.2. The summed E-state index contributed by atoms with van der Waals surface area (Å²) in [6.45, 7) is 3.54. The van der Waals surface area contributed by atoms with Gasteiger partial charge in [0.05, 0.1) is 28.3 Å². The number of para-hydroxylation sites is 1. The topological polar surface area (TPSA) is 104 Å². The summed E-state index contributed by atoms with van der Waals surface area (Å²) >= 11 is 0. The van der Waals surface area contributed by atoms with Crippen molar-refractivity contribution in [1.82, 2.24) is 10.0 Å². The minimum absolute atomic E-state index is 0.173. The Morgan fingerprint density at radius 1 is 1.03 bits per heavy atom. The predicted molar refractivity (Wildman–Crippen MR) is 109 cm³/mol. The standard InChI is InChI=1S/C20H22F3N3O4S/c1-13(2)11-24-19(28)16-8-3-4-9-17(16)26-18(27)12-25-31(29,30)15-7-5-6-14(10-15)20(21,22)23/h3-10,13,25H,11-12H2,1-2H3,(H,24,28)(H,26,27). The lowest BCUT2D eigenvalue weighted by Crippen LogP contribution is -2.34. The zero-order chi connectivity index (χ0) is 23.2. The highest BCUT2D eigenvalue weighted by Gasteiger charge is 2.31. The van der Waals surface area contributed by atoms with Gasteiger partial charge < -0.3 is 10.6 Å². The number of halogens is 3. The SMILES string of the molecule is CC(C)CNC(=O)c1ccccc1NC(=O)CNS(=O)(=O)c1cccc(C(F)(F)F)c1. The summed E-state index contributed by atoms with van der Waals surface area (Å²) < 4.78 is 64.9. The molecule has 3 N–H and O–H groups in total. The predicted octanol–water partition coefficient (Wildman–Crippen LogP) is 3.01. The van der Waals surface area contributed by atoms with E-state index in [1.165, 1.54) is 12.1 Å². The molecule has 2 aromatic rings. The number of amides is 2. The number of carbonyl (C=O) groups is 2. The van der Waals surface area contributed by atoms with Gasteiger partial charge in [-0.25, -0.2) is 13.1 Å². The lowest BCUT2D eigenvalue weighted by molar-refractivity contribution is -0.137. The van der Waals surface area contributed by atoms with Crippen LogP contribution in [0.25, 0.3) is 0 Å². The van der Waals surface area contributed by atoms with E-state index >= 15 is 0 Å². The molecule has 2 aromatic carbocycles. The van der Waals surface area contributed by atoms with Crippen LogP contribution in [0, 0.1) is 5.92 Å². The Bertz CT molecular complexity index is 1050. The Balaban J connectivity index is 2.07. The van der Waals surface area contributed by atoms with Crippen LogP contribution >= 0.6 is 0 Å². The van der Waals surface area contributed by atoms with Crippen LogP contribution in [0.15, 0.2) is 53.4 Å². The fourth-order valence-corrected chi connectivity index (χ4v) is 3.49. The molecule has 0 atom stereocenters. The molecule has 0 aromatic heterocycles. The van der Waals surface area contributed by atoms with Gasteiger partial charge in [0.25, 0.3) is 5.91 Å². The second-order valence-corrected chi connectivity index (χ2v) is 8.81. The smallest absolute Gasteiger partial charge is 0.352 e. The molecule has 0 heterocycles. The summed E-state index contributed by atoms with van der Waals surface area (Å²) in [6, 6.07) is 9.34. The van der Waals surface area contributed by atoms with E-state index in [-0.39, 0.29) is 17.2 Å². The number of sulfonamides is 1. The second-order valence-electron chi connectivity index (χ2n) is 7.05. The van der Waals surface area contributed by atoms with Crippen LogP contribution in [0.1, 0.15) is 29.8 Å². The van der Waals surface area contributed by atoms with Crippen LogP contribution in [-0.4, -0.2) is 33.3 Å². The van der Waals surface area contributed by atoms with Crippen LogP contribution < -0.4 is 15.4 Å². The average Bonchev–Trinajstić information content (AvgIpc) is 2.70. The maximum Gasteiger partial charge on any atom is 0.416 e. The van der Waals surface area contributed by atoms with E-state index in [2.05, 4.69) is 10.6 Å². The van der Waals surface area contributed by atoms with Crippen molar-refractivity contribution in [3.8, 4) is 0 Å². The van der Waals surface area contributed by atoms with Crippen LogP contribution in [0.5, 0.6) is 0 Å². The first kappa shape index (κ1) is 24.4. The fraction of sp³-hybridized carbons (Fsp3) is 0.300. The van der Waals surface area contributed by atoms with Gasteiger partial charge >= 0.3 is 6.18 Å². The molecule has 31 heavy (non-hydrogen) atoms. The Kier molecular flexibility index (Phi) is 7.80. The Hall–Kier alpha value is -2.92. The van der Waals surface area contributed by atoms with Crippen LogP contribution in [0.2, 0.25) is 0 Å². The first-order chi connectivity index (χ1) is 14.4. The van der Waals surface area contributed by atoms with Crippen molar-refractivity contribution in [2.45, 2.75) is 24.9 Å². The van der Waals surface area contributed by atoms with Gasteiger partial charge in [-0.15, -0.1) is 0 Å². The number of hydrogen-bond donors (Lipinski definition) is 3. The molecular weight excluding hydrogens is 435 g/mol. The number of alkyl halides is 3. The zero-order valence-corrected chi connectivity index (χ0v) is 17.6. The van der Waals surface area contributed by atoms with Crippen molar-refractivity contribution in [2.75, 3.05) is 18.4 Å². The molecule has 7 nitrogen and oxygen atoms in total. The highest BCUT2D eigenvalue weighted by Crippen LogP contribution is 2.30. The number of carbonyl (C=O) groups excluding carboxylic acids is 2. The molecular formula is C20H22F3N3O4S. The van der Waals surface area contributed by atoms with Crippen LogP contribution in [0.4, 0.5) is 18.9 Å². The number of rotatable bonds is 8. The Labute approximate surface area is 178 Å². The summed E-state index contributed by atoms with van der Waals surface area (Å²) in [5, 5.41) is 5.15. The molecule has 0 fully saturated rings. The highest BCUT2D eigenvalue weighted by molar-refractivity contribution is 7.89. The zero-order valence-electron chi connectivity index (χ0n) is 16.8. The molecule has 0 aliphatic carbocycles. The van der Waals surface area contributed by atoms with Gasteiger partial charge in [-0.2, -0.15) is 13.2 Å². The third-order valence-electron chi connectivity index (χ3n) is 4.01. The molecule has 0 radical (unpaired) electrons. The number of nitrogens with one attached hydrogen (secondary N) is 3. The quantitative estimate of drug-likeness (QED) is 0.567. The van der Waals surface area contributed by atoms with E-state index in [0.717, 1.165) is 18.2 Å². The molecule has 0 unspecified atom stereocenters. The molecule has 11 heteroatoms. The maximum absolute atomic E-state index is 12.8. The maximum atomic E-state index is 12.8. The summed E-state index contributed by atoms with van der Waals surface area (Å²) in [5.74, 6) is -0.982. The van der Waals surface area contributed by atoms with Gasteiger partial charge in [-0.1, -0.05) is 32.0 Å². The monoisotopic (exact) mass is 457 g/mol. The van der Waals surface area contributed by atoms with E-state index in [4.69, 9.17) is 0 Å². The summed E-state index contributed by atoms with van der Waals surface area (Å²) in [7, 11) is -4.37. The first-order valence-corrected chi connectivity index (χ1v) is 10.7. The van der Waals surface area contributed by atoms with Gasteiger partial charge in [0.2, 0.25) is 15.9 Å². The summed E-state index contributed by atoms with van der Waals surface area (Å²) in [5.41, 5.74) is -0.759. The van der Waals surface area contributed by atoms with E-state index < -0.39 is 45.0 Å². The van der Waals surface area contributed by atoms with Crippen molar-refractivity contribution in [3.63, 3.8) is 0 Å². The molecule has 0 bridgehead atoms.